The van der Waals surface area contributed by atoms with Crippen LogP contribution in [-0.4, -0.2) is 9.97 Å². The summed E-state index contributed by atoms with van der Waals surface area (Å²) in [7, 11) is 0. The van der Waals surface area contributed by atoms with E-state index in [0.29, 0.717) is 6.61 Å². The highest BCUT2D eigenvalue weighted by Crippen LogP contribution is 2.21. The zero-order valence-electron chi connectivity index (χ0n) is 24.1. The minimum absolute atomic E-state index is 0.584. The molecule has 1 heterocycles. The summed E-state index contributed by atoms with van der Waals surface area (Å²) in [6.45, 7) is 5.13. The van der Waals surface area contributed by atoms with Crippen molar-refractivity contribution in [2.75, 3.05) is 0 Å². The van der Waals surface area contributed by atoms with E-state index in [1.807, 2.05) is 36.7 Å². The van der Waals surface area contributed by atoms with E-state index < -0.39 is 0 Å². The topological polar surface area (TPSA) is 35.0 Å². The third kappa shape index (κ3) is 11.8. The fourth-order valence-corrected chi connectivity index (χ4v) is 4.87. The van der Waals surface area contributed by atoms with Gasteiger partial charge in [0.1, 0.15) is 12.4 Å². The number of nitrogens with zero attached hydrogens (tertiary/aromatic N) is 2. The molecule has 38 heavy (non-hydrogen) atoms. The lowest BCUT2D eigenvalue weighted by atomic mass is 10.0. The Morgan fingerprint density at radius 1 is 0.500 bits per heavy atom. The molecule has 0 unspecified atom stereocenters. The third-order valence-corrected chi connectivity index (χ3v) is 7.38. The van der Waals surface area contributed by atoms with E-state index in [-0.39, 0.29) is 0 Å². The van der Waals surface area contributed by atoms with Crippen molar-refractivity contribution in [1.29, 1.82) is 0 Å². The van der Waals surface area contributed by atoms with Crippen LogP contribution in [0.25, 0.3) is 11.4 Å². The van der Waals surface area contributed by atoms with Gasteiger partial charge in [-0.05, 0) is 66.6 Å². The summed E-state index contributed by atoms with van der Waals surface area (Å²) in [6.07, 6.45) is 25.0. The maximum atomic E-state index is 6.03. The molecule has 0 aliphatic carbocycles. The Morgan fingerprint density at radius 2 is 0.974 bits per heavy atom. The SMILES string of the molecule is CCCCCCCCCCc1cnc(-c2ccc(OCc3ccc(CCCCCCCC)cc3)cc2)nc1. The van der Waals surface area contributed by atoms with Crippen LogP contribution in [0, 0.1) is 0 Å². The normalized spacial score (nSPS) is 11.1. The Labute approximate surface area is 232 Å². The molecule has 0 aliphatic rings. The van der Waals surface area contributed by atoms with Crippen LogP contribution in [0.3, 0.4) is 0 Å². The Hall–Kier alpha value is -2.68. The van der Waals surface area contributed by atoms with Crippen LogP contribution in [0.1, 0.15) is 120 Å². The number of ether oxygens (including phenoxy) is 1. The smallest absolute Gasteiger partial charge is 0.159 e. The van der Waals surface area contributed by atoms with E-state index in [0.717, 1.165) is 23.6 Å². The van der Waals surface area contributed by atoms with E-state index >= 15 is 0 Å². The standard InChI is InChI=1S/C35H50N2O/c1-3-5-7-9-11-12-14-16-18-32-27-36-35(37-28-32)33-23-25-34(26-24-33)38-29-31-21-19-30(20-22-31)17-15-13-10-8-6-4-2/h19-28H,3-18,29H2,1-2H3. The first kappa shape index (κ1) is 29.9. The fraction of sp³-hybridized carbons (Fsp3) is 0.543. The number of aryl methyl sites for hydroxylation is 2. The van der Waals surface area contributed by atoms with Gasteiger partial charge in [-0.1, -0.05) is 115 Å². The van der Waals surface area contributed by atoms with Crippen LogP contribution in [0.4, 0.5) is 0 Å². The van der Waals surface area contributed by atoms with Gasteiger partial charge in [-0.15, -0.1) is 0 Å². The van der Waals surface area contributed by atoms with Gasteiger partial charge in [-0.2, -0.15) is 0 Å². The number of unbranched alkanes of at least 4 members (excludes halogenated alkanes) is 12. The number of hydrogen-bond donors (Lipinski definition) is 0. The second kappa shape index (κ2) is 18.6. The highest BCUT2D eigenvalue weighted by Gasteiger charge is 2.04. The maximum Gasteiger partial charge on any atom is 0.159 e. The van der Waals surface area contributed by atoms with Crippen LogP contribution in [0.5, 0.6) is 5.75 Å². The fourth-order valence-electron chi connectivity index (χ4n) is 4.87. The van der Waals surface area contributed by atoms with Crippen molar-refractivity contribution in [3.05, 3.63) is 77.6 Å². The van der Waals surface area contributed by atoms with Gasteiger partial charge >= 0.3 is 0 Å². The minimum atomic E-state index is 0.584. The monoisotopic (exact) mass is 514 g/mol. The van der Waals surface area contributed by atoms with Gasteiger partial charge in [0.2, 0.25) is 0 Å². The molecule has 0 atom stereocenters. The van der Waals surface area contributed by atoms with Crippen molar-refractivity contribution in [2.45, 2.75) is 123 Å². The van der Waals surface area contributed by atoms with Crippen LogP contribution in [-0.2, 0) is 19.4 Å². The second-order valence-corrected chi connectivity index (χ2v) is 10.8. The van der Waals surface area contributed by atoms with Gasteiger partial charge < -0.3 is 4.74 Å². The molecule has 3 heteroatoms. The predicted octanol–water partition coefficient (Wildman–Crippen LogP) is 10.3. The number of benzene rings is 2. The molecule has 206 valence electrons. The largest absolute Gasteiger partial charge is 0.489 e. The quantitative estimate of drug-likeness (QED) is 0.141. The van der Waals surface area contributed by atoms with E-state index in [1.165, 1.54) is 113 Å². The van der Waals surface area contributed by atoms with Crippen molar-refractivity contribution in [3.8, 4) is 17.1 Å². The van der Waals surface area contributed by atoms with Gasteiger partial charge in [-0.3, -0.25) is 0 Å². The second-order valence-electron chi connectivity index (χ2n) is 10.8. The molecule has 0 radical (unpaired) electrons. The molecular formula is C35H50N2O. The Balaban J connectivity index is 1.34. The molecule has 3 rings (SSSR count). The molecule has 0 fully saturated rings. The molecule has 0 saturated carbocycles. The third-order valence-electron chi connectivity index (χ3n) is 7.38. The summed E-state index contributed by atoms with van der Waals surface area (Å²) in [5, 5.41) is 0. The van der Waals surface area contributed by atoms with Crippen molar-refractivity contribution in [1.82, 2.24) is 9.97 Å². The molecule has 1 aromatic heterocycles. The predicted molar refractivity (Wildman–Crippen MR) is 162 cm³/mol. The summed E-state index contributed by atoms with van der Waals surface area (Å²) in [4.78, 5) is 9.23. The highest BCUT2D eigenvalue weighted by molar-refractivity contribution is 5.55. The van der Waals surface area contributed by atoms with E-state index in [2.05, 4.69) is 48.1 Å². The molecule has 0 spiro atoms. The van der Waals surface area contributed by atoms with Crippen LogP contribution >= 0.6 is 0 Å². The Morgan fingerprint density at radius 3 is 1.53 bits per heavy atom. The summed E-state index contributed by atoms with van der Waals surface area (Å²) < 4.78 is 6.03. The summed E-state index contributed by atoms with van der Waals surface area (Å²) in [5.74, 6) is 1.65. The number of aromatic nitrogens is 2. The molecule has 0 N–H and O–H groups in total. The van der Waals surface area contributed by atoms with Gasteiger partial charge in [0.25, 0.3) is 0 Å². The molecule has 3 nitrogen and oxygen atoms in total. The molecule has 0 saturated heterocycles. The summed E-state index contributed by atoms with van der Waals surface area (Å²) >= 11 is 0. The lowest BCUT2D eigenvalue weighted by Crippen LogP contribution is -1.97. The highest BCUT2D eigenvalue weighted by atomic mass is 16.5. The van der Waals surface area contributed by atoms with E-state index in [1.54, 1.807) is 0 Å². The number of hydrogen-bond acceptors (Lipinski definition) is 3. The van der Waals surface area contributed by atoms with Gasteiger partial charge in [0.15, 0.2) is 5.82 Å². The maximum absolute atomic E-state index is 6.03. The Bertz CT molecular complexity index is 980. The summed E-state index contributed by atoms with van der Waals surface area (Å²) in [5.41, 5.74) is 4.89. The minimum Gasteiger partial charge on any atom is -0.489 e. The van der Waals surface area contributed by atoms with Gasteiger partial charge in [-0.25, -0.2) is 9.97 Å². The first-order valence-electron chi connectivity index (χ1n) is 15.4. The van der Waals surface area contributed by atoms with Crippen molar-refractivity contribution < 1.29 is 4.74 Å². The van der Waals surface area contributed by atoms with Gasteiger partial charge in [0, 0.05) is 18.0 Å². The van der Waals surface area contributed by atoms with E-state index in [9.17, 15) is 0 Å². The van der Waals surface area contributed by atoms with Crippen molar-refractivity contribution in [3.63, 3.8) is 0 Å². The molecule has 2 aromatic carbocycles. The molecule has 0 bridgehead atoms. The summed E-state index contributed by atoms with van der Waals surface area (Å²) in [6, 6.07) is 17.0. The average Bonchev–Trinajstić information content (AvgIpc) is 2.96. The van der Waals surface area contributed by atoms with Crippen LogP contribution in [0.2, 0.25) is 0 Å². The number of rotatable bonds is 20. The zero-order chi connectivity index (χ0) is 26.7. The molecule has 0 aliphatic heterocycles. The lowest BCUT2D eigenvalue weighted by Gasteiger charge is -2.09. The van der Waals surface area contributed by atoms with E-state index in [4.69, 9.17) is 4.74 Å². The first-order valence-corrected chi connectivity index (χ1v) is 15.4. The van der Waals surface area contributed by atoms with Crippen LogP contribution in [0.15, 0.2) is 60.9 Å². The van der Waals surface area contributed by atoms with Crippen LogP contribution < -0.4 is 4.74 Å². The molecule has 0 amide bonds. The molecule has 3 aromatic rings. The average molecular weight is 515 g/mol. The van der Waals surface area contributed by atoms with Crippen molar-refractivity contribution in [2.24, 2.45) is 0 Å². The molecular weight excluding hydrogens is 464 g/mol. The van der Waals surface area contributed by atoms with Crippen molar-refractivity contribution >= 4 is 0 Å². The Kier molecular flexibility index (Phi) is 14.6. The zero-order valence-corrected chi connectivity index (χ0v) is 24.1. The lowest BCUT2D eigenvalue weighted by molar-refractivity contribution is 0.306. The van der Waals surface area contributed by atoms with Gasteiger partial charge in [0.05, 0.1) is 0 Å². The first-order chi connectivity index (χ1) is 18.8.